The minimum atomic E-state index is -0.759. The van der Waals surface area contributed by atoms with Gasteiger partial charge in [-0.2, -0.15) is 0 Å². The average Bonchev–Trinajstić information content (AvgIpc) is 2.36. The molecule has 2 bridgehead atoms. The third-order valence-corrected chi connectivity index (χ3v) is 2.82. The summed E-state index contributed by atoms with van der Waals surface area (Å²) in [6.45, 7) is 3.76. The summed E-state index contributed by atoms with van der Waals surface area (Å²) in [5, 5.41) is 8.90. The van der Waals surface area contributed by atoms with Crippen LogP contribution in [0.1, 0.15) is 20.3 Å². The molecule has 0 aliphatic carbocycles. The zero-order valence-corrected chi connectivity index (χ0v) is 7.20. The molecule has 0 saturated carbocycles. The predicted molar refractivity (Wildman–Crippen MR) is 42.8 cm³/mol. The summed E-state index contributed by atoms with van der Waals surface area (Å²) in [6.07, 6.45) is 4.43. The second kappa shape index (κ2) is 1.91. The van der Waals surface area contributed by atoms with Gasteiger partial charge in [-0.15, -0.1) is 0 Å². The number of carboxylic acid groups (broad SMARTS) is 1. The number of fused-ring (bicyclic) bond motifs is 2. The van der Waals surface area contributed by atoms with E-state index in [9.17, 15) is 4.79 Å². The number of ether oxygens (including phenoxy) is 1. The zero-order chi connectivity index (χ0) is 8.98. The third kappa shape index (κ3) is 0.829. The highest BCUT2D eigenvalue weighted by Gasteiger charge is 2.55. The number of aliphatic carboxylic acids is 1. The van der Waals surface area contributed by atoms with Gasteiger partial charge in [0, 0.05) is 0 Å². The molecule has 2 rings (SSSR count). The molecular weight excluding hydrogens is 156 g/mol. The Bertz CT molecular complexity index is 271. The molecule has 3 atom stereocenters. The van der Waals surface area contributed by atoms with Gasteiger partial charge in [0.25, 0.3) is 0 Å². The maximum atomic E-state index is 10.8. The molecular formula is C9H12O3. The lowest BCUT2D eigenvalue weighted by molar-refractivity contribution is -0.145. The first-order chi connectivity index (χ1) is 5.45. The van der Waals surface area contributed by atoms with E-state index in [1.807, 2.05) is 26.0 Å². The van der Waals surface area contributed by atoms with E-state index in [1.165, 1.54) is 0 Å². The Morgan fingerprint density at radius 3 is 2.50 bits per heavy atom. The Kier molecular flexibility index (Phi) is 1.24. The quantitative estimate of drug-likeness (QED) is 0.598. The Hall–Kier alpha value is -0.830. The van der Waals surface area contributed by atoms with E-state index < -0.39 is 11.6 Å². The first-order valence-electron chi connectivity index (χ1n) is 4.09. The summed E-state index contributed by atoms with van der Waals surface area (Å²) in [5.74, 6) is -1.14. The zero-order valence-electron chi connectivity index (χ0n) is 7.20. The first-order valence-corrected chi connectivity index (χ1v) is 4.09. The Labute approximate surface area is 71.0 Å². The second-order valence-electron chi connectivity index (χ2n) is 4.03. The van der Waals surface area contributed by atoms with Crippen LogP contribution in [0.25, 0.3) is 0 Å². The maximum Gasteiger partial charge on any atom is 0.309 e. The lowest BCUT2D eigenvalue weighted by Gasteiger charge is -2.21. The third-order valence-electron chi connectivity index (χ3n) is 2.82. The summed E-state index contributed by atoms with van der Waals surface area (Å²) in [4.78, 5) is 10.8. The van der Waals surface area contributed by atoms with Crippen molar-refractivity contribution in [3.8, 4) is 0 Å². The smallest absolute Gasteiger partial charge is 0.309 e. The molecule has 0 aromatic heterocycles. The molecule has 2 heterocycles. The maximum absolute atomic E-state index is 10.8. The summed E-state index contributed by atoms with van der Waals surface area (Å²) in [6, 6.07) is 0. The lowest BCUT2D eigenvalue weighted by atomic mass is 9.81. The highest BCUT2D eigenvalue weighted by atomic mass is 16.5. The van der Waals surface area contributed by atoms with Gasteiger partial charge in [0.15, 0.2) is 0 Å². The van der Waals surface area contributed by atoms with Gasteiger partial charge < -0.3 is 9.84 Å². The number of hydrogen-bond donors (Lipinski definition) is 1. The van der Waals surface area contributed by atoms with Crippen LogP contribution < -0.4 is 0 Å². The van der Waals surface area contributed by atoms with Crippen LogP contribution in [-0.2, 0) is 9.53 Å². The largest absolute Gasteiger partial charge is 0.481 e. The standard InChI is InChI=1S/C9H12O3/c1-8-3-4-9(2,12-8)6(5-8)7(10)11/h3-4,6H,5H2,1-2H3,(H,10,11)/t6-,8-,9+/m0/s1. The molecule has 1 saturated heterocycles. The molecule has 0 radical (unpaired) electrons. The molecule has 2 aliphatic heterocycles. The number of carboxylic acids is 1. The normalized spacial score (nSPS) is 50.0. The first kappa shape index (κ1) is 7.80. The van der Waals surface area contributed by atoms with Gasteiger partial charge in [0.1, 0.15) is 0 Å². The van der Waals surface area contributed by atoms with Crippen LogP contribution in [-0.4, -0.2) is 22.3 Å². The molecule has 66 valence electrons. The van der Waals surface area contributed by atoms with Crippen LogP contribution in [0.5, 0.6) is 0 Å². The fraction of sp³-hybridized carbons (Fsp3) is 0.667. The summed E-state index contributed by atoms with van der Waals surface area (Å²) < 4.78 is 5.63. The second-order valence-corrected chi connectivity index (χ2v) is 4.03. The topological polar surface area (TPSA) is 46.5 Å². The van der Waals surface area contributed by atoms with Gasteiger partial charge in [-0.1, -0.05) is 12.2 Å². The van der Waals surface area contributed by atoms with Gasteiger partial charge in [0.05, 0.1) is 17.1 Å². The minimum absolute atomic E-state index is 0.336. The number of hydrogen-bond acceptors (Lipinski definition) is 2. The van der Waals surface area contributed by atoms with Crippen LogP contribution in [0.4, 0.5) is 0 Å². The van der Waals surface area contributed by atoms with Crippen LogP contribution in [0.15, 0.2) is 12.2 Å². The summed E-state index contributed by atoms with van der Waals surface area (Å²) >= 11 is 0. The average molecular weight is 168 g/mol. The highest BCUT2D eigenvalue weighted by Crippen LogP contribution is 2.49. The number of carbonyl (C=O) groups is 1. The molecule has 0 aromatic rings. The minimum Gasteiger partial charge on any atom is -0.481 e. The van der Waals surface area contributed by atoms with E-state index in [2.05, 4.69) is 0 Å². The molecule has 0 spiro atoms. The van der Waals surface area contributed by atoms with Crippen molar-refractivity contribution in [2.24, 2.45) is 5.92 Å². The van der Waals surface area contributed by atoms with Crippen LogP contribution >= 0.6 is 0 Å². The van der Waals surface area contributed by atoms with E-state index in [-0.39, 0.29) is 11.5 Å². The Balaban J connectivity index is 2.35. The Morgan fingerprint density at radius 2 is 2.25 bits per heavy atom. The van der Waals surface area contributed by atoms with Crippen molar-refractivity contribution in [3.05, 3.63) is 12.2 Å². The molecule has 0 unspecified atom stereocenters. The van der Waals surface area contributed by atoms with Crippen molar-refractivity contribution in [1.29, 1.82) is 0 Å². The molecule has 1 N–H and O–H groups in total. The SMILES string of the molecule is C[C@@]12C=C[C@@](C)(O1)[C@H](C(=O)O)C2. The lowest BCUT2D eigenvalue weighted by Crippen LogP contribution is -2.33. The van der Waals surface area contributed by atoms with Crippen molar-refractivity contribution in [2.45, 2.75) is 31.5 Å². The molecule has 0 amide bonds. The van der Waals surface area contributed by atoms with E-state index in [1.54, 1.807) is 0 Å². The monoisotopic (exact) mass is 168 g/mol. The predicted octanol–water partition coefficient (Wildman–Crippen LogP) is 1.19. The van der Waals surface area contributed by atoms with Gasteiger partial charge >= 0.3 is 5.97 Å². The van der Waals surface area contributed by atoms with Gasteiger partial charge in [-0.25, -0.2) is 0 Å². The fourth-order valence-corrected chi connectivity index (χ4v) is 2.15. The summed E-state index contributed by atoms with van der Waals surface area (Å²) in [5.41, 5.74) is -0.904. The van der Waals surface area contributed by atoms with Crippen LogP contribution in [0.2, 0.25) is 0 Å². The van der Waals surface area contributed by atoms with Crippen molar-refractivity contribution < 1.29 is 14.6 Å². The molecule has 3 nitrogen and oxygen atoms in total. The van der Waals surface area contributed by atoms with Crippen LogP contribution in [0, 0.1) is 5.92 Å². The van der Waals surface area contributed by atoms with Gasteiger partial charge in [-0.3, -0.25) is 4.79 Å². The van der Waals surface area contributed by atoms with E-state index in [0.717, 1.165) is 0 Å². The molecule has 2 aliphatic rings. The molecule has 0 aromatic carbocycles. The number of rotatable bonds is 1. The van der Waals surface area contributed by atoms with Crippen molar-refractivity contribution in [3.63, 3.8) is 0 Å². The van der Waals surface area contributed by atoms with Crippen LogP contribution in [0.3, 0.4) is 0 Å². The van der Waals surface area contributed by atoms with Gasteiger partial charge in [0.2, 0.25) is 0 Å². The van der Waals surface area contributed by atoms with Crippen molar-refractivity contribution in [2.75, 3.05) is 0 Å². The highest BCUT2D eigenvalue weighted by molar-refractivity contribution is 5.73. The van der Waals surface area contributed by atoms with Gasteiger partial charge in [-0.05, 0) is 20.3 Å². The van der Waals surface area contributed by atoms with Crippen molar-refractivity contribution >= 4 is 5.97 Å². The molecule has 3 heteroatoms. The Morgan fingerprint density at radius 1 is 1.58 bits per heavy atom. The van der Waals surface area contributed by atoms with Crippen molar-refractivity contribution in [1.82, 2.24) is 0 Å². The molecule has 12 heavy (non-hydrogen) atoms. The summed E-state index contributed by atoms with van der Waals surface area (Å²) in [7, 11) is 0. The fourth-order valence-electron chi connectivity index (χ4n) is 2.15. The van der Waals surface area contributed by atoms with E-state index in [4.69, 9.17) is 9.84 Å². The molecule has 1 fully saturated rings. The van der Waals surface area contributed by atoms with E-state index in [0.29, 0.717) is 6.42 Å². The van der Waals surface area contributed by atoms with E-state index >= 15 is 0 Å².